The monoisotopic (exact) mass is 319 g/mol. The fourth-order valence-electron chi connectivity index (χ4n) is 2.69. The third kappa shape index (κ3) is 4.69. The highest BCUT2D eigenvalue weighted by Gasteiger charge is 2.23. The van der Waals surface area contributed by atoms with Gasteiger partial charge in [-0.15, -0.1) is 0 Å². The molecule has 23 heavy (non-hydrogen) atoms. The molecule has 2 N–H and O–H groups in total. The molecule has 6 heteroatoms. The minimum absolute atomic E-state index is 0.0265. The van der Waals surface area contributed by atoms with Crippen molar-refractivity contribution in [2.75, 3.05) is 37.5 Å². The summed E-state index contributed by atoms with van der Waals surface area (Å²) in [7, 11) is 3.45. The fourth-order valence-corrected chi connectivity index (χ4v) is 2.69. The van der Waals surface area contributed by atoms with E-state index in [1.165, 1.54) is 0 Å². The zero-order valence-corrected chi connectivity index (χ0v) is 13.9. The van der Waals surface area contributed by atoms with Gasteiger partial charge in [0.15, 0.2) is 0 Å². The number of benzene rings is 1. The number of anilines is 2. The maximum Gasteiger partial charge on any atom is 0.227 e. The van der Waals surface area contributed by atoms with E-state index in [0.717, 1.165) is 31.5 Å². The summed E-state index contributed by atoms with van der Waals surface area (Å²) in [6, 6.07) is 5.41. The molecule has 0 bridgehead atoms. The Morgan fingerprint density at radius 3 is 2.87 bits per heavy atom. The Kier molecular flexibility index (Phi) is 6.40. The first-order chi connectivity index (χ1) is 11.2. The molecule has 0 aliphatic carbocycles. The topological polar surface area (TPSA) is 70.7 Å². The molecule has 1 saturated heterocycles. The number of carbonyl (C=O) groups is 2. The van der Waals surface area contributed by atoms with Crippen LogP contribution in [0.2, 0.25) is 0 Å². The average molecular weight is 319 g/mol. The number of amides is 2. The van der Waals surface area contributed by atoms with Gasteiger partial charge < -0.3 is 20.3 Å². The van der Waals surface area contributed by atoms with Gasteiger partial charge in [0.25, 0.3) is 0 Å². The first-order valence-electron chi connectivity index (χ1n) is 8.08. The van der Waals surface area contributed by atoms with Crippen LogP contribution in [0, 0.1) is 0 Å². The van der Waals surface area contributed by atoms with Crippen LogP contribution in [-0.2, 0) is 9.59 Å². The predicted octanol–water partition coefficient (Wildman–Crippen LogP) is 2.15. The number of hydrogen-bond donors (Lipinski definition) is 2. The van der Waals surface area contributed by atoms with E-state index in [1.54, 1.807) is 24.1 Å². The van der Waals surface area contributed by atoms with E-state index in [4.69, 9.17) is 4.74 Å². The molecule has 2 amide bonds. The maximum absolute atomic E-state index is 12.1. The lowest BCUT2D eigenvalue weighted by Gasteiger charge is -2.28. The summed E-state index contributed by atoms with van der Waals surface area (Å²) in [5.41, 5.74) is 1.42. The molecule has 0 spiro atoms. The number of carbonyl (C=O) groups excluding carboxylic acids is 2. The Bertz CT molecular complexity index is 560. The maximum atomic E-state index is 12.1. The molecule has 0 unspecified atom stereocenters. The first kappa shape index (κ1) is 17.3. The Morgan fingerprint density at radius 1 is 1.35 bits per heavy atom. The average Bonchev–Trinajstić information content (AvgIpc) is 2.55. The van der Waals surface area contributed by atoms with E-state index >= 15 is 0 Å². The summed E-state index contributed by atoms with van der Waals surface area (Å²) in [5.74, 6) is 0.724. The molecule has 2 rings (SSSR count). The Hall–Kier alpha value is -2.08. The molecule has 0 saturated carbocycles. The summed E-state index contributed by atoms with van der Waals surface area (Å²) in [5, 5.41) is 5.90. The van der Waals surface area contributed by atoms with E-state index in [-0.39, 0.29) is 11.8 Å². The van der Waals surface area contributed by atoms with Crippen molar-refractivity contribution in [1.29, 1.82) is 0 Å². The van der Waals surface area contributed by atoms with Crippen LogP contribution in [0.1, 0.15) is 32.1 Å². The van der Waals surface area contributed by atoms with Gasteiger partial charge in [-0.3, -0.25) is 9.59 Å². The highest BCUT2D eigenvalue weighted by Crippen LogP contribution is 2.33. The van der Waals surface area contributed by atoms with Crippen molar-refractivity contribution < 1.29 is 14.3 Å². The van der Waals surface area contributed by atoms with Gasteiger partial charge in [0.1, 0.15) is 5.75 Å². The number of nitrogens with zero attached hydrogens (tertiary/aromatic N) is 1. The lowest BCUT2D eigenvalue weighted by molar-refractivity contribution is -0.119. The van der Waals surface area contributed by atoms with Crippen LogP contribution in [0.5, 0.6) is 5.75 Å². The highest BCUT2D eigenvalue weighted by atomic mass is 16.5. The third-order valence-electron chi connectivity index (χ3n) is 3.91. The summed E-state index contributed by atoms with van der Waals surface area (Å²) < 4.78 is 5.37. The highest BCUT2D eigenvalue weighted by molar-refractivity contribution is 5.97. The largest absolute Gasteiger partial charge is 0.495 e. The Balaban J connectivity index is 2.11. The van der Waals surface area contributed by atoms with Gasteiger partial charge >= 0.3 is 0 Å². The number of piperidine rings is 1. The standard InChI is InChI=1S/C17H25N3O3/c1-18-10-5-6-16(21)19-13-8-9-15(23-2)14(12-13)20-11-4-3-7-17(20)22/h8-9,12,18H,3-7,10-11H2,1-2H3,(H,19,21). The van der Waals surface area contributed by atoms with Crippen molar-refractivity contribution in [1.82, 2.24) is 5.32 Å². The molecular weight excluding hydrogens is 294 g/mol. The second-order valence-corrected chi connectivity index (χ2v) is 5.64. The SMILES string of the molecule is CNCCCC(=O)Nc1ccc(OC)c(N2CCCCC2=O)c1. The summed E-state index contributed by atoms with van der Waals surface area (Å²) in [6.07, 6.45) is 3.72. The van der Waals surface area contributed by atoms with Crippen molar-refractivity contribution in [2.24, 2.45) is 0 Å². The fraction of sp³-hybridized carbons (Fsp3) is 0.529. The Morgan fingerprint density at radius 2 is 2.17 bits per heavy atom. The van der Waals surface area contributed by atoms with E-state index in [1.807, 2.05) is 13.1 Å². The zero-order chi connectivity index (χ0) is 16.7. The molecule has 0 aromatic heterocycles. The van der Waals surface area contributed by atoms with Gasteiger partial charge in [-0.05, 0) is 51.1 Å². The van der Waals surface area contributed by atoms with E-state index < -0.39 is 0 Å². The molecule has 1 heterocycles. The van der Waals surface area contributed by atoms with Gasteiger partial charge in [0, 0.05) is 25.1 Å². The zero-order valence-electron chi connectivity index (χ0n) is 13.9. The molecule has 1 aromatic carbocycles. The number of nitrogens with one attached hydrogen (secondary N) is 2. The molecule has 6 nitrogen and oxygen atoms in total. The van der Waals surface area contributed by atoms with E-state index in [9.17, 15) is 9.59 Å². The minimum Gasteiger partial charge on any atom is -0.495 e. The molecule has 126 valence electrons. The summed E-state index contributed by atoms with van der Waals surface area (Å²) in [4.78, 5) is 25.8. The predicted molar refractivity (Wildman–Crippen MR) is 91.0 cm³/mol. The van der Waals surface area contributed by atoms with Gasteiger partial charge in [0.2, 0.25) is 11.8 Å². The van der Waals surface area contributed by atoms with Crippen molar-refractivity contribution in [2.45, 2.75) is 32.1 Å². The van der Waals surface area contributed by atoms with Gasteiger partial charge in [-0.1, -0.05) is 0 Å². The van der Waals surface area contributed by atoms with Crippen molar-refractivity contribution in [3.8, 4) is 5.75 Å². The molecule has 1 aliphatic heterocycles. The van der Waals surface area contributed by atoms with Crippen LogP contribution in [0.25, 0.3) is 0 Å². The van der Waals surface area contributed by atoms with Gasteiger partial charge in [0.05, 0.1) is 12.8 Å². The van der Waals surface area contributed by atoms with Crippen molar-refractivity contribution >= 4 is 23.2 Å². The van der Waals surface area contributed by atoms with Crippen LogP contribution >= 0.6 is 0 Å². The molecule has 0 atom stereocenters. The van der Waals surface area contributed by atoms with Crippen LogP contribution in [0.4, 0.5) is 11.4 Å². The number of rotatable bonds is 7. The smallest absolute Gasteiger partial charge is 0.227 e. The Labute approximate surface area is 137 Å². The minimum atomic E-state index is -0.0265. The van der Waals surface area contributed by atoms with E-state index in [2.05, 4.69) is 10.6 Å². The van der Waals surface area contributed by atoms with Crippen LogP contribution in [0.3, 0.4) is 0 Å². The second-order valence-electron chi connectivity index (χ2n) is 5.64. The normalized spacial score (nSPS) is 14.7. The number of ether oxygens (including phenoxy) is 1. The van der Waals surface area contributed by atoms with Crippen LogP contribution in [-0.4, -0.2) is 39.1 Å². The molecule has 1 aromatic rings. The lowest BCUT2D eigenvalue weighted by atomic mass is 10.1. The first-order valence-corrected chi connectivity index (χ1v) is 8.08. The van der Waals surface area contributed by atoms with Gasteiger partial charge in [-0.2, -0.15) is 0 Å². The summed E-state index contributed by atoms with van der Waals surface area (Å²) in [6.45, 7) is 1.50. The number of methoxy groups -OCH3 is 1. The molecular formula is C17H25N3O3. The molecule has 1 aliphatic rings. The molecule has 1 fully saturated rings. The lowest BCUT2D eigenvalue weighted by Crippen LogP contribution is -2.35. The van der Waals surface area contributed by atoms with Crippen LogP contribution in [0.15, 0.2) is 18.2 Å². The third-order valence-corrected chi connectivity index (χ3v) is 3.91. The second kappa shape index (κ2) is 8.53. The number of hydrogen-bond acceptors (Lipinski definition) is 4. The van der Waals surface area contributed by atoms with Crippen LogP contribution < -0.4 is 20.3 Å². The van der Waals surface area contributed by atoms with Gasteiger partial charge in [-0.25, -0.2) is 0 Å². The van der Waals surface area contributed by atoms with E-state index in [0.29, 0.717) is 30.8 Å². The molecule has 0 radical (unpaired) electrons. The summed E-state index contributed by atoms with van der Waals surface area (Å²) >= 11 is 0. The quantitative estimate of drug-likeness (QED) is 0.756. The van der Waals surface area contributed by atoms with Crippen molar-refractivity contribution in [3.05, 3.63) is 18.2 Å². The van der Waals surface area contributed by atoms with Crippen molar-refractivity contribution in [3.63, 3.8) is 0 Å².